The maximum absolute atomic E-state index is 12.7. The molecule has 174 valence electrons. The molecule has 0 saturated carbocycles. The van der Waals surface area contributed by atoms with E-state index in [1.54, 1.807) is 37.8 Å². The molecule has 1 amide bonds. The van der Waals surface area contributed by atoms with Gasteiger partial charge in [-0.3, -0.25) is 4.79 Å². The number of hydrogen-bond acceptors (Lipinski definition) is 9. The van der Waals surface area contributed by atoms with Crippen molar-refractivity contribution in [2.24, 2.45) is 0 Å². The van der Waals surface area contributed by atoms with E-state index in [2.05, 4.69) is 30.9 Å². The van der Waals surface area contributed by atoms with Crippen LogP contribution in [0.15, 0.2) is 48.8 Å². The number of para-hydroxylation sites is 1. The van der Waals surface area contributed by atoms with Gasteiger partial charge in [0.15, 0.2) is 5.75 Å². The molecule has 0 aliphatic rings. The quantitative estimate of drug-likeness (QED) is 0.304. The molecule has 4 rings (SSSR count). The number of methoxy groups -OCH3 is 1. The van der Waals surface area contributed by atoms with Gasteiger partial charge in [-0.25, -0.2) is 15.0 Å². The van der Waals surface area contributed by atoms with Crippen LogP contribution in [-0.4, -0.2) is 35.0 Å². The van der Waals surface area contributed by atoms with E-state index in [4.69, 9.17) is 10.5 Å². The topological polar surface area (TPSA) is 127 Å². The van der Waals surface area contributed by atoms with Gasteiger partial charge in [-0.15, -0.1) is 11.3 Å². The first-order valence-corrected chi connectivity index (χ1v) is 11.3. The van der Waals surface area contributed by atoms with Crippen molar-refractivity contribution in [1.82, 2.24) is 20.3 Å². The van der Waals surface area contributed by atoms with E-state index in [0.29, 0.717) is 28.8 Å². The van der Waals surface area contributed by atoms with Crippen LogP contribution in [0.4, 0.5) is 28.8 Å². The Hall–Kier alpha value is -4.18. The maximum Gasteiger partial charge on any atom is 0.256 e. The number of aromatic nitrogens is 3. The minimum atomic E-state index is -0.363. The molecule has 1 aromatic carbocycles. The van der Waals surface area contributed by atoms with Crippen LogP contribution in [-0.2, 0) is 0 Å². The molecule has 5 N–H and O–H groups in total. The summed E-state index contributed by atoms with van der Waals surface area (Å²) in [6.45, 7) is 3.97. The molecule has 0 saturated heterocycles. The van der Waals surface area contributed by atoms with Crippen LogP contribution in [0.1, 0.15) is 20.8 Å². The summed E-state index contributed by atoms with van der Waals surface area (Å²) < 4.78 is 5.74. The Balaban J connectivity index is 1.78. The van der Waals surface area contributed by atoms with Crippen molar-refractivity contribution in [3.05, 3.63) is 64.8 Å². The standard InChI is InChI=1S/C24H25N7O2S/c1-13-8-9-27-18(10-13)30-19-11-17(20(22(25)31-19)23(32)26-3)29-16-7-5-6-15(21(16)33-4)24-28-12-14(2)34-24/h5-12H,1-4H3,(H,26,32)(H4,25,27,29,30,31). The lowest BCUT2D eigenvalue weighted by atomic mass is 10.1. The fourth-order valence-electron chi connectivity index (χ4n) is 3.47. The molecule has 4 aromatic rings. The first-order chi connectivity index (χ1) is 16.4. The number of nitrogens with two attached hydrogens (primary N) is 1. The predicted molar refractivity (Wildman–Crippen MR) is 136 cm³/mol. The van der Waals surface area contributed by atoms with Crippen LogP contribution in [0.2, 0.25) is 0 Å². The van der Waals surface area contributed by atoms with E-state index in [1.165, 1.54) is 0 Å². The highest BCUT2D eigenvalue weighted by Crippen LogP contribution is 2.40. The van der Waals surface area contributed by atoms with E-state index >= 15 is 0 Å². The first-order valence-electron chi connectivity index (χ1n) is 10.5. The third-order valence-electron chi connectivity index (χ3n) is 5.01. The minimum absolute atomic E-state index is 0.0742. The fraction of sp³-hybridized carbons (Fsp3) is 0.167. The molecular formula is C24H25N7O2S. The second kappa shape index (κ2) is 9.75. The molecule has 34 heavy (non-hydrogen) atoms. The SMILES string of the molecule is CNC(=O)c1c(Nc2cccc(-c3ncc(C)s3)c2OC)cc(Nc2cc(C)ccn2)nc1N. The van der Waals surface area contributed by atoms with E-state index in [-0.39, 0.29) is 17.3 Å². The summed E-state index contributed by atoms with van der Waals surface area (Å²) in [6.07, 6.45) is 3.53. The number of benzene rings is 1. The van der Waals surface area contributed by atoms with Gasteiger partial charge in [0.2, 0.25) is 0 Å². The highest BCUT2D eigenvalue weighted by Gasteiger charge is 2.20. The normalized spacial score (nSPS) is 10.6. The second-order valence-corrected chi connectivity index (χ2v) is 8.76. The van der Waals surface area contributed by atoms with Crippen molar-refractivity contribution >= 4 is 46.1 Å². The molecule has 0 spiro atoms. The van der Waals surface area contributed by atoms with E-state index in [0.717, 1.165) is 21.0 Å². The average molecular weight is 476 g/mol. The van der Waals surface area contributed by atoms with E-state index in [1.807, 2.05) is 50.4 Å². The monoisotopic (exact) mass is 475 g/mol. The molecule has 9 nitrogen and oxygen atoms in total. The number of carbonyl (C=O) groups excluding carboxylic acids is 1. The van der Waals surface area contributed by atoms with E-state index in [9.17, 15) is 4.79 Å². The van der Waals surface area contributed by atoms with Gasteiger partial charge in [0, 0.05) is 30.4 Å². The second-order valence-electron chi connectivity index (χ2n) is 7.53. The molecule has 3 aromatic heterocycles. The minimum Gasteiger partial charge on any atom is -0.494 e. The van der Waals surface area contributed by atoms with Crippen molar-refractivity contribution in [1.29, 1.82) is 0 Å². The molecule has 0 fully saturated rings. The number of hydrogen-bond donors (Lipinski definition) is 4. The molecule has 0 radical (unpaired) electrons. The molecule has 0 aliphatic carbocycles. The number of aryl methyl sites for hydroxylation is 2. The summed E-state index contributed by atoms with van der Waals surface area (Å²) in [7, 11) is 3.14. The van der Waals surface area contributed by atoms with Gasteiger partial charge in [-0.1, -0.05) is 6.07 Å². The van der Waals surface area contributed by atoms with Crippen LogP contribution < -0.4 is 26.4 Å². The number of ether oxygens (including phenoxy) is 1. The number of nitrogen functional groups attached to an aromatic ring is 1. The summed E-state index contributed by atoms with van der Waals surface area (Å²) in [4.78, 5) is 26.9. The summed E-state index contributed by atoms with van der Waals surface area (Å²) >= 11 is 1.57. The van der Waals surface area contributed by atoms with Gasteiger partial charge in [-0.2, -0.15) is 0 Å². The Morgan fingerprint density at radius 1 is 1.06 bits per heavy atom. The molecule has 0 bridgehead atoms. The van der Waals surface area contributed by atoms with Gasteiger partial charge in [0.05, 0.1) is 24.0 Å². The predicted octanol–water partition coefficient (Wildman–Crippen LogP) is 4.65. The summed E-state index contributed by atoms with van der Waals surface area (Å²) in [6, 6.07) is 11.2. The number of nitrogens with one attached hydrogen (secondary N) is 3. The number of carbonyl (C=O) groups is 1. The van der Waals surface area contributed by atoms with Crippen molar-refractivity contribution in [2.45, 2.75) is 13.8 Å². The number of amides is 1. The molecule has 10 heteroatoms. The smallest absolute Gasteiger partial charge is 0.256 e. The third-order valence-corrected chi connectivity index (χ3v) is 5.96. The number of rotatable bonds is 7. The highest BCUT2D eigenvalue weighted by atomic mass is 32.1. The zero-order chi connectivity index (χ0) is 24.2. The third kappa shape index (κ3) is 4.76. The number of pyridine rings is 2. The Bertz CT molecular complexity index is 1350. The summed E-state index contributed by atoms with van der Waals surface area (Å²) in [5.41, 5.74) is 9.45. The van der Waals surface area contributed by atoms with Gasteiger partial charge >= 0.3 is 0 Å². The van der Waals surface area contributed by atoms with Crippen LogP contribution in [0.3, 0.4) is 0 Å². The molecular weight excluding hydrogens is 450 g/mol. The van der Waals surface area contributed by atoms with Crippen molar-refractivity contribution in [3.8, 4) is 16.3 Å². The van der Waals surface area contributed by atoms with Crippen LogP contribution in [0.25, 0.3) is 10.6 Å². The van der Waals surface area contributed by atoms with Crippen LogP contribution in [0.5, 0.6) is 5.75 Å². The Kier molecular flexibility index (Phi) is 6.60. The molecule has 0 unspecified atom stereocenters. The summed E-state index contributed by atoms with van der Waals surface area (Å²) in [5, 5.41) is 9.93. The largest absolute Gasteiger partial charge is 0.494 e. The van der Waals surface area contributed by atoms with Gasteiger partial charge in [0.1, 0.15) is 28.0 Å². The van der Waals surface area contributed by atoms with E-state index < -0.39 is 0 Å². The highest BCUT2D eigenvalue weighted by molar-refractivity contribution is 7.15. The molecule has 3 heterocycles. The average Bonchev–Trinajstić information content (AvgIpc) is 3.24. The molecule has 0 atom stereocenters. The molecule has 0 aliphatic heterocycles. The number of anilines is 5. The Morgan fingerprint density at radius 2 is 1.88 bits per heavy atom. The van der Waals surface area contributed by atoms with Crippen molar-refractivity contribution < 1.29 is 9.53 Å². The fourth-order valence-corrected chi connectivity index (χ4v) is 4.26. The Morgan fingerprint density at radius 3 is 2.56 bits per heavy atom. The number of thiazole rings is 1. The maximum atomic E-state index is 12.7. The van der Waals surface area contributed by atoms with Crippen molar-refractivity contribution in [3.63, 3.8) is 0 Å². The zero-order valence-corrected chi connectivity index (χ0v) is 20.1. The Labute approximate surface area is 201 Å². The van der Waals surface area contributed by atoms with Gasteiger partial charge in [-0.05, 0) is 43.7 Å². The first kappa shape index (κ1) is 23.0. The van der Waals surface area contributed by atoms with Crippen LogP contribution in [0, 0.1) is 13.8 Å². The van der Waals surface area contributed by atoms with Crippen molar-refractivity contribution in [2.75, 3.05) is 30.5 Å². The van der Waals surface area contributed by atoms with Gasteiger partial charge in [0.25, 0.3) is 5.91 Å². The lowest BCUT2D eigenvalue weighted by Crippen LogP contribution is -2.22. The number of nitrogens with zero attached hydrogens (tertiary/aromatic N) is 3. The lowest BCUT2D eigenvalue weighted by Gasteiger charge is -2.18. The zero-order valence-electron chi connectivity index (χ0n) is 19.3. The van der Waals surface area contributed by atoms with Crippen LogP contribution >= 0.6 is 11.3 Å². The summed E-state index contributed by atoms with van der Waals surface area (Å²) in [5.74, 6) is 1.37. The van der Waals surface area contributed by atoms with Gasteiger partial charge < -0.3 is 26.4 Å². The lowest BCUT2D eigenvalue weighted by molar-refractivity contribution is 0.0964.